The van der Waals surface area contributed by atoms with Gasteiger partial charge in [0.15, 0.2) is 5.11 Å². The normalized spacial score (nSPS) is 12.8. The van der Waals surface area contributed by atoms with E-state index < -0.39 is 0 Å². The molecule has 0 saturated carbocycles. The minimum Gasteiger partial charge on any atom is -0.323 e. The van der Waals surface area contributed by atoms with Gasteiger partial charge in [-0.3, -0.25) is 4.79 Å². The predicted octanol–water partition coefficient (Wildman–Crippen LogP) is 7.01. The fourth-order valence-corrected chi connectivity index (χ4v) is 5.57. The second-order valence-corrected chi connectivity index (χ2v) is 9.83. The SMILES string of the molecule is CCCCCCCCCCCCCC(=O)NC(=S)Nc1sc2c(c1C#N)CCCC2. The van der Waals surface area contributed by atoms with Crippen molar-refractivity contribution >= 4 is 39.6 Å². The number of rotatable bonds is 13. The number of carbonyl (C=O) groups is 1. The lowest BCUT2D eigenvalue weighted by atomic mass is 9.96. The Hall–Kier alpha value is -1.45. The lowest BCUT2D eigenvalue weighted by Gasteiger charge is -2.10. The molecule has 4 nitrogen and oxygen atoms in total. The minimum absolute atomic E-state index is 0.0387. The molecule has 1 amide bonds. The second-order valence-electron chi connectivity index (χ2n) is 8.31. The molecule has 0 aromatic carbocycles. The van der Waals surface area contributed by atoms with Crippen molar-refractivity contribution in [2.75, 3.05) is 5.32 Å². The number of thiophene rings is 1. The molecule has 2 N–H and O–H groups in total. The van der Waals surface area contributed by atoms with E-state index in [9.17, 15) is 10.1 Å². The van der Waals surface area contributed by atoms with Crippen LogP contribution in [0.5, 0.6) is 0 Å². The number of nitrogens with one attached hydrogen (secondary N) is 2. The summed E-state index contributed by atoms with van der Waals surface area (Å²) in [5, 5.41) is 16.5. The smallest absolute Gasteiger partial charge is 0.226 e. The molecule has 1 aliphatic rings. The molecule has 0 fully saturated rings. The van der Waals surface area contributed by atoms with E-state index in [4.69, 9.17) is 12.2 Å². The Balaban J connectivity index is 1.56. The monoisotopic (exact) mass is 447 g/mol. The lowest BCUT2D eigenvalue weighted by molar-refractivity contribution is -0.119. The van der Waals surface area contributed by atoms with Gasteiger partial charge in [0.25, 0.3) is 0 Å². The zero-order valence-corrected chi connectivity index (χ0v) is 20.1. The zero-order valence-electron chi connectivity index (χ0n) is 18.5. The van der Waals surface area contributed by atoms with Crippen LogP contribution in [0.1, 0.15) is 113 Å². The van der Waals surface area contributed by atoms with Crippen molar-refractivity contribution in [1.29, 1.82) is 5.26 Å². The number of hydrogen-bond acceptors (Lipinski definition) is 4. The van der Waals surface area contributed by atoms with Crippen LogP contribution in [0.3, 0.4) is 0 Å². The Morgan fingerprint density at radius 1 is 1.00 bits per heavy atom. The predicted molar refractivity (Wildman–Crippen MR) is 131 cm³/mol. The number of unbranched alkanes of at least 4 members (excludes halogenated alkanes) is 10. The van der Waals surface area contributed by atoms with Gasteiger partial charge in [-0.1, -0.05) is 71.1 Å². The van der Waals surface area contributed by atoms with Crippen LogP contribution in [-0.2, 0) is 17.6 Å². The van der Waals surface area contributed by atoms with Crippen LogP contribution in [0.15, 0.2) is 0 Å². The van der Waals surface area contributed by atoms with Crippen LogP contribution < -0.4 is 10.6 Å². The Bertz CT molecular complexity index is 721. The Kier molecular flexibility index (Phi) is 12.0. The number of carbonyl (C=O) groups excluding carboxylic acids is 1. The fraction of sp³-hybridized carbons (Fsp3) is 0.708. The Labute approximate surface area is 191 Å². The first kappa shape index (κ1) is 24.8. The number of anilines is 1. The van der Waals surface area contributed by atoms with E-state index in [0.29, 0.717) is 17.1 Å². The standard InChI is InChI=1S/C24H37N3OS2/c1-2-3-4-5-6-7-8-9-10-11-12-17-22(28)26-24(29)27-23-20(18-25)19-15-13-14-16-21(19)30-23/h2-17H2,1H3,(H2,26,27,28,29). The minimum atomic E-state index is -0.0387. The number of nitriles is 1. The molecule has 166 valence electrons. The molecule has 1 aromatic rings. The molecule has 0 spiro atoms. The van der Waals surface area contributed by atoms with Gasteiger partial charge in [0.1, 0.15) is 11.1 Å². The van der Waals surface area contributed by atoms with Gasteiger partial charge < -0.3 is 10.6 Å². The molecule has 6 heteroatoms. The summed E-state index contributed by atoms with van der Waals surface area (Å²) in [5.41, 5.74) is 1.88. The van der Waals surface area contributed by atoms with E-state index in [1.807, 2.05) is 0 Å². The summed E-state index contributed by atoms with van der Waals surface area (Å²) in [6.07, 6.45) is 18.8. The average Bonchev–Trinajstić information content (AvgIpc) is 3.08. The lowest BCUT2D eigenvalue weighted by Crippen LogP contribution is -2.33. The van der Waals surface area contributed by atoms with Crippen molar-refractivity contribution in [3.63, 3.8) is 0 Å². The molecule has 0 saturated heterocycles. The van der Waals surface area contributed by atoms with Crippen molar-refractivity contribution in [1.82, 2.24) is 5.32 Å². The van der Waals surface area contributed by atoms with Gasteiger partial charge in [-0.05, 0) is 49.9 Å². The maximum atomic E-state index is 12.2. The van der Waals surface area contributed by atoms with Crippen LogP contribution in [0, 0.1) is 11.3 Å². The largest absolute Gasteiger partial charge is 0.323 e. The zero-order chi connectivity index (χ0) is 21.6. The maximum Gasteiger partial charge on any atom is 0.226 e. The molecule has 0 bridgehead atoms. The number of hydrogen-bond donors (Lipinski definition) is 2. The fourth-order valence-electron chi connectivity index (χ4n) is 4.05. The summed E-state index contributed by atoms with van der Waals surface area (Å²) in [6, 6.07) is 2.31. The number of amides is 1. The van der Waals surface area contributed by atoms with Crippen LogP contribution in [0.2, 0.25) is 0 Å². The highest BCUT2D eigenvalue weighted by molar-refractivity contribution is 7.80. The van der Waals surface area contributed by atoms with Gasteiger partial charge >= 0.3 is 0 Å². The molecule has 0 unspecified atom stereocenters. The van der Waals surface area contributed by atoms with E-state index in [1.54, 1.807) is 11.3 Å². The highest BCUT2D eigenvalue weighted by Gasteiger charge is 2.21. The highest BCUT2D eigenvalue weighted by Crippen LogP contribution is 2.37. The third kappa shape index (κ3) is 8.73. The Morgan fingerprint density at radius 3 is 2.23 bits per heavy atom. The van der Waals surface area contributed by atoms with Gasteiger partial charge in [0.05, 0.1) is 5.56 Å². The number of nitrogens with zero attached hydrogens (tertiary/aromatic N) is 1. The average molecular weight is 448 g/mol. The van der Waals surface area contributed by atoms with Crippen LogP contribution in [-0.4, -0.2) is 11.0 Å². The molecule has 30 heavy (non-hydrogen) atoms. The van der Waals surface area contributed by atoms with Gasteiger partial charge in [-0.2, -0.15) is 5.26 Å². The third-order valence-electron chi connectivity index (χ3n) is 5.77. The van der Waals surface area contributed by atoms with Crippen LogP contribution in [0.25, 0.3) is 0 Å². The molecular formula is C24H37N3OS2. The molecule has 0 radical (unpaired) electrons. The molecule has 1 aliphatic carbocycles. The Morgan fingerprint density at radius 2 is 1.60 bits per heavy atom. The third-order valence-corrected chi connectivity index (χ3v) is 7.18. The van der Waals surface area contributed by atoms with E-state index in [1.165, 1.54) is 74.6 Å². The first-order chi connectivity index (χ1) is 14.7. The first-order valence-electron chi connectivity index (χ1n) is 11.8. The quantitative estimate of drug-likeness (QED) is 0.252. The van der Waals surface area contributed by atoms with E-state index >= 15 is 0 Å². The van der Waals surface area contributed by atoms with Gasteiger partial charge in [0, 0.05) is 11.3 Å². The van der Waals surface area contributed by atoms with E-state index in [0.717, 1.165) is 37.1 Å². The summed E-state index contributed by atoms with van der Waals surface area (Å²) in [6.45, 7) is 2.25. The summed E-state index contributed by atoms with van der Waals surface area (Å²) in [5.74, 6) is -0.0387. The van der Waals surface area contributed by atoms with Crippen molar-refractivity contribution in [2.45, 2.75) is 110 Å². The first-order valence-corrected chi connectivity index (χ1v) is 13.0. The number of fused-ring (bicyclic) bond motifs is 1. The van der Waals surface area contributed by atoms with Gasteiger partial charge in [-0.15, -0.1) is 11.3 Å². The molecule has 1 aromatic heterocycles. The van der Waals surface area contributed by atoms with E-state index in [-0.39, 0.29) is 5.91 Å². The van der Waals surface area contributed by atoms with E-state index in [2.05, 4.69) is 23.6 Å². The van der Waals surface area contributed by atoms with Gasteiger partial charge in [0.2, 0.25) is 5.91 Å². The maximum absolute atomic E-state index is 12.2. The summed E-state index contributed by atoms with van der Waals surface area (Å²) in [4.78, 5) is 13.4. The highest BCUT2D eigenvalue weighted by atomic mass is 32.1. The second kappa shape index (κ2) is 14.5. The summed E-state index contributed by atoms with van der Waals surface area (Å²) >= 11 is 6.91. The summed E-state index contributed by atoms with van der Waals surface area (Å²) < 4.78 is 0. The van der Waals surface area contributed by atoms with Crippen molar-refractivity contribution in [3.8, 4) is 6.07 Å². The number of aryl methyl sites for hydroxylation is 1. The van der Waals surface area contributed by atoms with Crippen LogP contribution >= 0.6 is 23.6 Å². The van der Waals surface area contributed by atoms with Crippen molar-refractivity contribution < 1.29 is 4.79 Å². The van der Waals surface area contributed by atoms with Crippen molar-refractivity contribution in [3.05, 3.63) is 16.0 Å². The van der Waals surface area contributed by atoms with Crippen LogP contribution in [0.4, 0.5) is 5.00 Å². The number of thiocarbonyl (C=S) groups is 1. The molecular weight excluding hydrogens is 410 g/mol. The molecule has 1 heterocycles. The summed E-state index contributed by atoms with van der Waals surface area (Å²) in [7, 11) is 0. The molecule has 2 rings (SSSR count). The topological polar surface area (TPSA) is 64.9 Å². The van der Waals surface area contributed by atoms with Crippen molar-refractivity contribution in [2.24, 2.45) is 0 Å². The van der Waals surface area contributed by atoms with Gasteiger partial charge in [-0.25, -0.2) is 0 Å². The molecule has 0 aliphatic heterocycles. The molecule has 0 atom stereocenters.